The van der Waals surface area contributed by atoms with Crippen LogP contribution in [-0.4, -0.2) is 68.7 Å². The number of amides is 1. The maximum absolute atomic E-state index is 12.2. The van der Waals surface area contributed by atoms with E-state index in [2.05, 4.69) is 48.5 Å². The number of morpholine rings is 1. The number of rotatable bonds is 7. The number of nitrogens with zero attached hydrogens (tertiary/aromatic N) is 2. The second-order valence-electron chi connectivity index (χ2n) is 6.31. The van der Waals surface area contributed by atoms with Crippen LogP contribution in [0.5, 0.6) is 0 Å². The molecule has 1 aromatic carbocycles. The van der Waals surface area contributed by atoms with Crippen molar-refractivity contribution in [2.24, 2.45) is 0 Å². The van der Waals surface area contributed by atoms with Gasteiger partial charge in [-0.25, -0.2) is 0 Å². The Hall–Kier alpha value is -1.43. The Kier molecular flexibility index (Phi) is 7.02. The van der Waals surface area contributed by atoms with E-state index < -0.39 is 0 Å². The lowest BCUT2D eigenvalue weighted by Gasteiger charge is -2.30. The van der Waals surface area contributed by atoms with Crippen molar-refractivity contribution in [1.82, 2.24) is 15.1 Å². The molecule has 0 spiro atoms. The first-order valence-electron chi connectivity index (χ1n) is 8.41. The number of carbonyl (C=O) groups excluding carboxylic acids is 1. The van der Waals surface area contributed by atoms with Gasteiger partial charge in [-0.1, -0.05) is 31.2 Å². The summed E-state index contributed by atoms with van der Waals surface area (Å²) in [6, 6.07) is 8.45. The molecule has 0 saturated carbocycles. The number of carbonyl (C=O) groups is 1. The number of aryl methyl sites for hydroxylation is 1. The minimum Gasteiger partial charge on any atom is -0.374 e. The quantitative estimate of drug-likeness (QED) is 0.818. The molecule has 23 heavy (non-hydrogen) atoms. The van der Waals surface area contributed by atoms with Gasteiger partial charge in [0.1, 0.15) is 0 Å². The van der Waals surface area contributed by atoms with Gasteiger partial charge >= 0.3 is 0 Å². The SMILES string of the molecule is CCc1ccc(CN(C)C(=O)CNC[C@H]2CN(C)CCO2)cc1. The lowest BCUT2D eigenvalue weighted by atomic mass is 10.1. The number of ether oxygens (including phenoxy) is 1. The van der Waals surface area contributed by atoms with E-state index in [0.717, 1.165) is 38.2 Å². The maximum atomic E-state index is 12.2. The first-order chi connectivity index (χ1) is 11.1. The van der Waals surface area contributed by atoms with E-state index in [1.54, 1.807) is 4.90 Å². The zero-order valence-electron chi connectivity index (χ0n) is 14.5. The van der Waals surface area contributed by atoms with Gasteiger partial charge in [0, 0.05) is 33.2 Å². The zero-order valence-corrected chi connectivity index (χ0v) is 14.5. The summed E-state index contributed by atoms with van der Waals surface area (Å²) in [4.78, 5) is 16.2. The summed E-state index contributed by atoms with van der Waals surface area (Å²) >= 11 is 0. The Labute approximate surface area is 139 Å². The Balaban J connectivity index is 1.69. The molecule has 0 unspecified atom stereocenters. The largest absolute Gasteiger partial charge is 0.374 e. The standard InChI is InChI=1S/C18H29N3O2/c1-4-15-5-7-16(8-6-15)13-21(3)18(22)12-19-11-17-14-20(2)9-10-23-17/h5-8,17,19H,4,9-14H2,1-3H3/t17-/m0/s1. The first kappa shape index (κ1) is 17.9. The molecular weight excluding hydrogens is 290 g/mol. The molecule has 1 saturated heterocycles. The predicted molar refractivity (Wildman–Crippen MR) is 92.4 cm³/mol. The Bertz CT molecular complexity index is 490. The monoisotopic (exact) mass is 319 g/mol. The van der Waals surface area contributed by atoms with Crippen molar-refractivity contribution < 1.29 is 9.53 Å². The topological polar surface area (TPSA) is 44.8 Å². The molecular formula is C18H29N3O2. The van der Waals surface area contributed by atoms with E-state index in [1.807, 2.05) is 7.05 Å². The second-order valence-corrected chi connectivity index (χ2v) is 6.31. The van der Waals surface area contributed by atoms with Crippen LogP contribution in [0.25, 0.3) is 0 Å². The summed E-state index contributed by atoms with van der Waals surface area (Å²) in [6.45, 7) is 6.53. The number of benzene rings is 1. The van der Waals surface area contributed by atoms with Crippen molar-refractivity contribution in [3.63, 3.8) is 0 Å². The lowest BCUT2D eigenvalue weighted by molar-refractivity contribution is -0.129. The highest BCUT2D eigenvalue weighted by Gasteiger charge is 2.18. The summed E-state index contributed by atoms with van der Waals surface area (Å²) in [5, 5.41) is 3.22. The van der Waals surface area contributed by atoms with Gasteiger partial charge in [-0.15, -0.1) is 0 Å². The molecule has 128 valence electrons. The maximum Gasteiger partial charge on any atom is 0.236 e. The summed E-state index contributed by atoms with van der Waals surface area (Å²) in [7, 11) is 3.95. The van der Waals surface area contributed by atoms with E-state index >= 15 is 0 Å². The molecule has 0 bridgehead atoms. The van der Waals surface area contributed by atoms with Crippen LogP contribution in [-0.2, 0) is 22.5 Å². The summed E-state index contributed by atoms with van der Waals surface area (Å²) < 4.78 is 5.68. The predicted octanol–water partition coefficient (Wildman–Crippen LogP) is 1.13. The lowest BCUT2D eigenvalue weighted by Crippen LogP contribution is -2.46. The van der Waals surface area contributed by atoms with E-state index in [4.69, 9.17) is 4.74 Å². The highest BCUT2D eigenvalue weighted by atomic mass is 16.5. The summed E-state index contributed by atoms with van der Waals surface area (Å²) in [6.07, 6.45) is 1.21. The van der Waals surface area contributed by atoms with Crippen LogP contribution >= 0.6 is 0 Å². The van der Waals surface area contributed by atoms with E-state index in [0.29, 0.717) is 13.1 Å². The van der Waals surface area contributed by atoms with Crippen LogP contribution in [0.4, 0.5) is 0 Å². The van der Waals surface area contributed by atoms with Gasteiger partial charge in [0.15, 0.2) is 0 Å². The van der Waals surface area contributed by atoms with Gasteiger partial charge < -0.3 is 19.9 Å². The fourth-order valence-corrected chi connectivity index (χ4v) is 2.71. The molecule has 1 atom stereocenters. The minimum atomic E-state index is 0.105. The van der Waals surface area contributed by atoms with Crippen molar-refractivity contribution in [3.05, 3.63) is 35.4 Å². The average Bonchev–Trinajstić information content (AvgIpc) is 2.55. The molecule has 1 amide bonds. The molecule has 1 aromatic rings. The van der Waals surface area contributed by atoms with Gasteiger partial charge in [0.05, 0.1) is 19.3 Å². The van der Waals surface area contributed by atoms with Crippen LogP contribution in [0, 0.1) is 0 Å². The first-order valence-corrected chi connectivity index (χ1v) is 8.41. The molecule has 5 nitrogen and oxygen atoms in total. The fourth-order valence-electron chi connectivity index (χ4n) is 2.71. The minimum absolute atomic E-state index is 0.105. The molecule has 1 fully saturated rings. The van der Waals surface area contributed by atoms with Crippen LogP contribution < -0.4 is 5.32 Å². The molecule has 1 aliphatic heterocycles. The molecule has 0 radical (unpaired) electrons. The highest BCUT2D eigenvalue weighted by Crippen LogP contribution is 2.07. The molecule has 5 heteroatoms. The highest BCUT2D eigenvalue weighted by molar-refractivity contribution is 5.77. The summed E-state index contributed by atoms with van der Waals surface area (Å²) in [5.41, 5.74) is 2.48. The third kappa shape index (κ3) is 5.94. The van der Waals surface area contributed by atoms with E-state index in [-0.39, 0.29) is 12.0 Å². The smallest absolute Gasteiger partial charge is 0.236 e. The third-order valence-corrected chi connectivity index (χ3v) is 4.27. The molecule has 1 aliphatic rings. The van der Waals surface area contributed by atoms with Crippen molar-refractivity contribution in [3.8, 4) is 0 Å². The fraction of sp³-hybridized carbons (Fsp3) is 0.611. The van der Waals surface area contributed by atoms with Crippen molar-refractivity contribution in [2.75, 3.05) is 46.9 Å². The number of hydrogen-bond acceptors (Lipinski definition) is 4. The van der Waals surface area contributed by atoms with Crippen molar-refractivity contribution >= 4 is 5.91 Å². The normalized spacial score (nSPS) is 18.8. The number of nitrogens with one attached hydrogen (secondary N) is 1. The van der Waals surface area contributed by atoms with Crippen molar-refractivity contribution in [2.45, 2.75) is 26.0 Å². The van der Waals surface area contributed by atoms with E-state index in [9.17, 15) is 4.79 Å². The third-order valence-electron chi connectivity index (χ3n) is 4.27. The molecule has 1 N–H and O–H groups in total. The van der Waals surface area contributed by atoms with Crippen LogP contribution in [0.1, 0.15) is 18.1 Å². The second kappa shape index (κ2) is 9.01. The molecule has 0 aliphatic carbocycles. The van der Waals surface area contributed by atoms with Crippen LogP contribution in [0.15, 0.2) is 24.3 Å². The Morgan fingerprint density at radius 3 is 2.70 bits per heavy atom. The van der Waals surface area contributed by atoms with Crippen LogP contribution in [0.2, 0.25) is 0 Å². The van der Waals surface area contributed by atoms with E-state index in [1.165, 1.54) is 5.56 Å². The summed E-state index contributed by atoms with van der Waals surface area (Å²) in [5.74, 6) is 0.105. The van der Waals surface area contributed by atoms with Gasteiger partial charge in [0.25, 0.3) is 0 Å². The van der Waals surface area contributed by atoms with Gasteiger partial charge in [0.2, 0.25) is 5.91 Å². The zero-order chi connectivity index (χ0) is 16.7. The van der Waals surface area contributed by atoms with Crippen molar-refractivity contribution in [1.29, 1.82) is 0 Å². The Morgan fingerprint density at radius 2 is 2.04 bits per heavy atom. The number of likely N-dealkylation sites (N-methyl/N-ethyl adjacent to an activating group) is 2. The average molecular weight is 319 g/mol. The Morgan fingerprint density at radius 1 is 1.35 bits per heavy atom. The molecule has 1 heterocycles. The van der Waals surface area contributed by atoms with Gasteiger partial charge in [-0.3, -0.25) is 4.79 Å². The molecule has 2 rings (SSSR count). The number of hydrogen-bond donors (Lipinski definition) is 1. The van der Waals surface area contributed by atoms with Crippen LogP contribution in [0.3, 0.4) is 0 Å². The van der Waals surface area contributed by atoms with Gasteiger partial charge in [-0.2, -0.15) is 0 Å². The molecule has 0 aromatic heterocycles. The van der Waals surface area contributed by atoms with Gasteiger partial charge in [-0.05, 0) is 24.6 Å².